The van der Waals surface area contributed by atoms with E-state index in [2.05, 4.69) is 5.32 Å². The van der Waals surface area contributed by atoms with Crippen molar-refractivity contribution in [1.82, 2.24) is 14.2 Å². The van der Waals surface area contributed by atoms with Gasteiger partial charge >= 0.3 is 0 Å². The van der Waals surface area contributed by atoms with Gasteiger partial charge in [0, 0.05) is 38.9 Å². The van der Waals surface area contributed by atoms with Crippen LogP contribution in [0.25, 0.3) is 0 Å². The first kappa shape index (κ1) is 14.0. The minimum absolute atomic E-state index is 0.109. The fourth-order valence-corrected chi connectivity index (χ4v) is 3.79. The number of carbonyl (C=O) groups is 1. The van der Waals surface area contributed by atoms with Crippen LogP contribution in [0.15, 0.2) is 17.2 Å². The van der Waals surface area contributed by atoms with Crippen LogP contribution in [0.4, 0.5) is 0 Å². The van der Waals surface area contributed by atoms with Gasteiger partial charge in [0.25, 0.3) is 5.91 Å². The summed E-state index contributed by atoms with van der Waals surface area (Å²) >= 11 is 0. The number of sulfonamides is 1. The van der Waals surface area contributed by atoms with Crippen molar-refractivity contribution in [2.24, 2.45) is 12.8 Å². The Balaban J connectivity index is 2.34. The number of nitrogens with two attached hydrogens (primary N) is 1. The number of hydrogen-bond acceptors (Lipinski definition) is 4. The van der Waals surface area contributed by atoms with Crippen LogP contribution in [0.2, 0.25) is 0 Å². The number of nitrogens with zero attached hydrogens (tertiary/aromatic N) is 2. The van der Waals surface area contributed by atoms with Gasteiger partial charge in [0.2, 0.25) is 10.0 Å². The zero-order valence-corrected chi connectivity index (χ0v) is 11.8. The summed E-state index contributed by atoms with van der Waals surface area (Å²) in [5, 5.41) is 3.18. The molecule has 1 saturated heterocycles. The number of aromatic nitrogens is 1. The predicted molar refractivity (Wildman–Crippen MR) is 70.2 cm³/mol. The Morgan fingerprint density at radius 3 is 2.74 bits per heavy atom. The van der Waals surface area contributed by atoms with Gasteiger partial charge in [-0.25, -0.2) is 8.42 Å². The van der Waals surface area contributed by atoms with E-state index in [9.17, 15) is 13.2 Å². The molecule has 106 valence electrons. The number of aryl methyl sites for hydroxylation is 1. The van der Waals surface area contributed by atoms with Crippen LogP contribution < -0.4 is 11.1 Å². The molecule has 1 atom stereocenters. The molecule has 8 heteroatoms. The van der Waals surface area contributed by atoms with E-state index in [1.165, 1.54) is 21.1 Å². The van der Waals surface area contributed by atoms with Crippen molar-refractivity contribution >= 4 is 15.9 Å². The number of carbonyl (C=O) groups excluding carboxylic acids is 1. The Kier molecular flexibility index (Phi) is 3.66. The fraction of sp³-hybridized carbons (Fsp3) is 0.545. The van der Waals surface area contributed by atoms with Crippen molar-refractivity contribution in [3.63, 3.8) is 0 Å². The molecule has 0 radical (unpaired) electrons. The molecule has 7 nitrogen and oxygen atoms in total. The quantitative estimate of drug-likeness (QED) is 0.753. The third-order valence-corrected chi connectivity index (χ3v) is 5.03. The zero-order valence-electron chi connectivity index (χ0n) is 11.0. The highest BCUT2D eigenvalue weighted by Crippen LogP contribution is 2.19. The van der Waals surface area contributed by atoms with Gasteiger partial charge in [-0.2, -0.15) is 4.31 Å². The molecule has 2 heterocycles. The minimum Gasteiger partial charge on any atom is -0.364 e. The highest BCUT2D eigenvalue weighted by molar-refractivity contribution is 7.89. The Hall–Kier alpha value is -1.38. The molecule has 1 aliphatic rings. The van der Waals surface area contributed by atoms with Crippen molar-refractivity contribution < 1.29 is 13.2 Å². The molecule has 1 aliphatic heterocycles. The maximum Gasteiger partial charge on any atom is 0.265 e. The van der Waals surface area contributed by atoms with Crippen molar-refractivity contribution in [1.29, 1.82) is 0 Å². The molecule has 0 unspecified atom stereocenters. The van der Waals surface area contributed by atoms with E-state index < -0.39 is 15.9 Å². The molecule has 19 heavy (non-hydrogen) atoms. The summed E-state index contributed by atoms with van der Waals surface area (Å²) in [4.78, 5) is 11.3. The van der Waals surface area contributed by atoms with E-state index in [1.807, 2.05) is 6.92 Å². The van der Waals surface area contributed by atoms with Crippen LogP contribution in [-0.2, 0) is 17.1 Å². The lowest BCUT2D eigenvalue weighted by molar-refractivity contribution is 0.0992. The van der Waals surface area contributed by atoms with E-state index in [4.69, 9.17) is 5.73 Å². The summed E-state index contributed by atoms with van der Waals surface area (Å²) < 4.78 is 27.8. The third-order valence-electron chi connectivity index (χ3n) is 3.20. The average Bonchev–Trinajstić information content (AvgIpc) is 2.72. The molecule has 0 bridgehead atoms. The Labute approximate surface area is 112 Å². The molecule has 1 fully saturated rings. The number of hydrogen-bond donors (Lipinski definition) is 2. The lowest BCUT2D eigenvalue weighted by Crippen LogP contribution is -2.51. The maximum absolute atomic E-state index is 12.5. The highest BCUT2D eigenvalue weighted by atomic mass is 32.2. The molecule has 1 aromatic heterocycles. The summed E-state index contributed by atoms with van der Waals surface area (Å²) in [5.41, 5.74) is 5.38. The van der Waals surface area contributed by atoms with Crippen LogP contribution in [-0.4, -0.2) is 48.9 Å². The Morgan fingerprint density at radius 1 is 1.53 bits per heavy atom. The van der Waals surface area contributed by atoms with Crippen LogP contribution in [0.1, 0.15) is 17.4 Å². The minimum atomic E-state index is -3.57. The number of rotatable bonds is 3. The second-order valence-corrected chi connectivity index (χ2v) is 6.69. The monoisotopic (exact) mass is 286 g/mol. The van der Waals surface area contributed by atoms with E-state index >= 15 is 0 Å². The van der Waals surface area contributed by atoms with Crippen molar-refractivity contribution in [3.05, 3.63) is 18.0 Å². The average molecular weight is 286 g/mol. The SMILES string of the molecule is C[C@@H]1CN(S(=O)(=O)c2cc(C(N)=O)n(C)c2)CCN1. The molecular formula is C11H18N4O3S. The number of amides is 1. The summed E-state index contributed by atoms with van der Waals surface area (Å²) in [7, 11) is -1.97. The molecule has 1 amide bonds. The molecule has 0 saturated carbocycles. The van der Waals surface area contributed by atoms with E-state index in [0.29, 0.717) is 19.6 Å². The van der Waals surface area contributed by atoms with Gasteiger partial charge in [-0.05, 0) is 13.0 Å². The van der Waals surface area contributed by atoms with Gasteiger partial charge in [0.05, 0.1) is 0 Å². The highest BCUT2D eigenvalue weighted by Gasteiger charge is 2.30. The molecule has 3 N–H and O–H groups in total. The molecule has 0 aromatic carbocycles. The van der Waals surface area contributed by atoms with Crippen molar-refractivity contribution in [2.45, 2.75) is 17.9 Å². The second-order valence-electron chi connectivity index (χ2n) is 4.75. The van der Waals surface area contributed by atoms with E-state index in [-0.39, 0.29) is 16.6 Å². The van der Waals surface area contributed by atoms with Crippen molar-refractivity contribution in [3.8, 4) is 0 Å². The van der Waals surface area contributed by atoms with E-state index in [1.54, 1.807) is 7.05 Å². The standard InChI is InChI=1S/C11H18N4O3S/c1-8-6-15(4-3-13-8)19(17,18)9-5-10(11(12)16)14(2)7-9/h5,7-8,13H,3-4,6H2,1-2H3,(H2,12,16)/t8-/m1/s1. The smallest absolute Gasteiger partial charge is 0.265 e. The summed E-state index contributed by atoms with van der Waals surface area (Å²) in [6, 6.07) is 1.44. The second kappa shape index (κ2) is 4.95. The summed E-state index contributed by atoms with van der Waals surface area (Å²) in [6.45, 7) is 3.40. The topological polar surface area (TPSA) is 97.4 Å². The third kappa shape index (κ3) is 2.65. The number of nitrogens with one attached hydrogen (secondary N) is 1. The van der Waals surface area contributed by atoms with E-state index in [0.717, 1.165) is 0 Å². The molecular weight excluding hydrogens is 268 g/mol. The van der Waals surface area contributed by atoms with Crippen LogP contribution in [0.3, 0.4) is 0 Å². The maximum atomic E-state index is 12.5. The van der Waals surface area contributed by atoms with Crippen LogP contribution in [0.5, 0.6) is 0 Å². The van der Waals surface area contributed by atoms with Crippen LogP contribution >= 0.6 is 0 Å². The van der Waals surface area contributed by atoms with Crippen molar-refractivity contribution in [2.75, 3.05) is 19.6 Å². The lowest BCUT2D eigenvalue weighted by atomic mass is 10.3. The van der Waals surface area contributed by atoms with Gasteiger partial charge in [0.1, 0.15) is 10.6 Å². The molecule has 2 rings (SSSR count). The zero-order chi connectivity index (χ0) is 14.2. The first-order valence-electron chi connectivity index (χ1n) is 6.02. The van der Waals surface area contributed by atoms with Gasteiger partial charge in [-0.1, -0.05) is 0 Å². The van der Waals surface area contributed by atoms with Gasteiger partial charge < -0.3 is 15.6 Å². The predicted octanol–water partition coefficient (Wildman–Crippen LogP) is -0.894. The summed E-state index contributed by atoms with van der Waals surface area (Å²) in [5.74, 6) is -0.641. The number of piperazine rings is 1. The lowest BCUT2D eigenvalue weighted by Gasteiger charge is -2.30. The van der Waals surface area contributed by atoms with Gasteiger partial charge in [-0.3, -0.25) is 4.79 Å². The Bertz CT molecular complexity index is 593. The van der Waals surface area contributed by atoms with Gasteiger partial charge in [0.15, 0.2) is 0 Å². The first-order chi connectivity index (χ1) is 8.82. The Morgan fingerprint density at radius 2 is 2.21 bits per heavy atom. The van der Waals surface area contributed by atoms with Crippen LogP contribution in [0, 0.1) is 0 Å². The largest absolute Gasteiger partial charge is 0.364 e. The molecule has 0 aliphatic carbocycles. The summed E-state index contributed by atoms with van der Waals surface area (Å²) in [6.07, 6.45) is 1.42. The number of primary amides is 1. The van der Waals surface area contributed by atoms with Gasteiger partial charge in [-0.15, -0.1) is 0 Å². The molecule has 1 aromatic rings. The fourth-order valence-electron chi connectivity index (χ4n) is 2.18. The first-order valence-corrected chi connectivity index (χ1v) is 7.46. The normalized spacial score (nSPS) is 21.5. The molecule has 0 spiro atoms.